The fraction of sp³-hybridized carbons (Fsp3) is 0.364. The summed E-state index contributed by atoms with van der Waals surface area (Å²) < 4.78 is 61.8. The molecule has 0 heterocycles. The molecule has 0 aromatic heterocycles. The lowest BCUT2D eigenvalue weighted by Crippen LogP contribution is -2.40. The summed E-state index contributed by atoms with van der Waals surface area (Å²) >= 11 is 0. The van der Waals surface area contributed by atoms with Gasteiger partial charge in [0.15, 0.2) is 0 Å². The minimum absolute atomic E-state index is 0.0688. The van der Waals surface area contributed by atoms with Crippen LogP contribution in [0, 0.1) is 11.3 Å². The van der Waals surface area contributed by atoms with Crippen LogP contribution in [0.25, 0.3) is 0 Å². The molecule has 0 aliphatic carbocycles. The van der Waals surface area contributed by atoms with Crippen molar-refractivity contribution in [3.63, 3.8) is 0 Å². The van der Waals surface area contributed by atoms with Crippen LogP contribution >= 0.6 is 0 Å². The second-order valence-electron chi connectivity index (χ2n) is 4.04. The van der Waals surface area contributed by atoms with Gasteiger partial charge in [0.05, 0.1) is 12.2 Å². The molecule has 0 atom stereocenters. The molecule has 0 bridgehead atoms. The van der Waals surface area contributed by atoms with Gasteiger partial charge in [0, 0.05) is 12.2 Å². The number of halogens is 3. The van der Waals surface area contributed by atoms with E-state index in [1.807, 2.05) is 0 Å². The van der Waals surface area contributed by atoms with Crippen LogP contribution in [0.2, 0.25) is 0 Å². The molecule has 0 aliphatic heterocycles. The van der Waals surface area contributed by atoms with E-state index in [-0.39, 0.29) is 15.6 Å². The number of nitrogens with two attached hydrogens (primary N) is 1. The summed E-state index contributed by atoms with van der Waals surface area (Å²) in [6.07, 6.45) is -4.77. The van der Waals surface area contributed by atoms with Crippen LogP contribution in [0.5, 0.6) is 0 Å². The number of hydrogen-bond donors (Lipinski definition) is 2. The molecule has 0 aliphatic rings. The lowest BCUT2D eigenvalue weighted by Gasteiger charge is -2.23. The molecule has 10 heteroatoms. The molecular weight excluding hydrogens is 311 g/mol. The Balaban J connectivity index is 3.33. The highest BCUT2D eigenvalue weighted by Gasteiger charge is 2.37. The molecular formula is C11H12F3N3O3S. The first-order valence-corrected chi connectivity index (χ1v) is 7.03. The van der Waals surface area contributed by atoms with Gasteiger partial charge in [-0.3, -0.25) is 0 Å². The van der Waals surface area contributed by atoms with Gasteiger partial charge in [-0.25, -0.2) is 8.42 Å². The average Bonchev–Trinajstić information content (AvgIpc) is 2.36. The quantitative estimate of drug-likeness (QED) is 0.775. The van der Waals surface area contributed by atoms with Gasteiger partial charge in [-0.15, -0.1) is 0 Å². The maximum absolute atomic E-state index is 12.4. The van der Waals surface area contributed by atoms with Crippen molar-refractivity contribution in [2.45, 2.75) is 11.1 Å². The third-order valence-corrected chi connectivity index (χ3v) is 4.35. The van der Waals surface area contributed by atoms with Crippen LogP contribution in [-0.4, -0.2) is 43.7 Å². The van der Waals surface area contributed by atoms with Gasteiger partial charge in [0.1, 0.15) is 17.5 Å². The van der Waals surface area contributed by atoms with E-state index in [1.165, 1.54) is 6.07 Å². The number of sulfonamides is 1. The van der Waals surface area contributed by atoms with Crippen molar-refractivity contribution in [2.24, 2.45) is 0 Å². The molecule has 0 fully saturated rings. The van der Waals surface area contributed by atoms with E-state index < -0.39 is 40.8 Å². The van der Waals surface area contributed by atoms with Crippen LogP contribution in [0.3, 0.4) is 0 Å². The third-order valence-electron chi connectivity index (χ3n) is 2.45. The topological polar surface area (TPSA) is 107 Å². The Morgan fingerprint density at radius 3 is 2.48 bits per heavy atom. The Kier molecular flexibility index (Phi) is 5.16. The number of nitrogen functional groups attached to an aromatic ring is 1. The van der Waals surface area contributed by atoms with Crippen LogP contribution in [0.1, 0.15) is 5.56 Å². The predicted octanol–water partition coefficient (Wildman–Crippen LogP) is 0.686. The molecule has 0 saturated carbocycles. The second-order valence-corrected chi connectivity index (χ2v) is 5.95. The molecule has 1 rings (SSSR count). The van der Waals surface area contributed by atoms with Crippen molar-refractivity contribution in [1.29, 1.82) is 5.26 Å². The van der Waals surface area contributed by atoms with E-state index in [0.717, 1.165) is 12.1 Å². The summed E-state index contributed by atoms with van der Waals surface area (Å²) in [5, 5.41) is 17.6. The van der Waals surface area contributed by atoms with Crippen molar-refractivity contribution < 1.29 is 26.7 Å². The molecule has 116 valence electrons. The van der Waals surface area contributed by atoms with Crippen molar-refractivity contribution in [1.82, 2.24) is 4.31 Å². The second kappa shape index (κ2) is 6.30. The van der Waals surface area contributed by atoms with Crippen LogP contribution in [0.15, 0.2) is 23.1 Å². The van der Waals surface area contributed by atoms with Gasteiger partial charge in [-0.1, -0.05) is 0 Å². The number of benzene rings is 1. The summed E-state index contributed by atoms with van der Waals surface area (Å²) in [7, 11) is -4.58. The number of alkyl halides is 3. The van der Waals surface area contributed by atoms with Crippen molar-refractivity contribution in [2.75, 3.05) is 25.4 Å². The van der Waals surface area contributed by atoms with Crippen molar-refractivity contribution >= 4 is 15.7 Å². The van der Waals surface area contributed by atoms with Crippen molar-refractivity contribution in [3.05, 3.63) is 23.8 Å². The number of nitriles is 1. The number of hydrogen-bond acceptors (Lipinski definition) is 5. The predicted molar refractivity (Wildman–Crippen MR) is 67.5 cm³/mol. The zero-order chi connectivity index (χ0) is 16.3. The lowest BCUT2D eigenvalue weighted by atomic mass is 10.2. The Morgan fingerprint density at radius 2 is 2.00 bits per heavy atom. The summed E-state index contributed by atoms with van der Waals surface area (Å²) in [6, 6.07) is 4.75. The molecule has 6 nitrogen and oxygen atoms in total. The highest BCUT2D eigenvalue weighted by atomic mass is 32.2. The fourth-order valence-corrected chi connectivity index (χ4v) is 3.13. The number of nitrogens with zero attached hydrogens (tertiary/aromatic N) is 2. The fourth-order valence-electron chi connectivity index (χ4n) is 1.59. The minimum Gasteiger partial charge on any atom is -0.399 e. The number of aliphatic hydroxyl groups is 1. The Labute approximate surface area is 119 Å². The van der Waals surface area contributed by atoms with Gasteiger partial charge in [-0.2, -0.15) is 22.7 Å². The van der Waals surface area contributed by atoms with Crippen molar-refractivity contribution in [3.8, 4) is 6.07 Å². The normalized spacial score (nSPS) is 12.4. The minimum atomic E-state index is -4.77. The van der Waals surface area contributed by atoms with Crippen LogP contribution < -0.4 is 5.73 Å². The molecule has 21 heavy (non-hydrogen) atoms. The van der Waals surface area contributed by atoms with E-state index in [0.29, 0.717) is 0 Å². The monoisotopic (exact) mass is 323 g/mol. The first-order valence-electron chi connectivity index (χ1n) is 5.59. The molecule has 1 aromatic rings. The van der Waals surface area contributed by atoms with Crippen LogP contribution in [0.4, 0.5) is 18.9 Å². The molecule has 0 amide bonds. The van der Waals surface area contributed by atoms with E-state index in [2.05, 4.69) is 0 Å². The number of aliphatic hydroxyl groups excluding tert-OH is 1. The zero-order valence-electron chi connectivity index (χ0n) is 10.6. The number of anilines is 1. The molecule has 0 unspecified atom stereocenters. The Bertz CT molecular complexity index is 653. The van der Waals surface area contributed by atoms with Crippen LogP contribution in [-0.2, 0) is 10.0 Å². The van der Waals surface area contributed by atoms with Gasteiger partial charge >= 0.3 is 6.18 Å². The summed E-state index contributed by atoms with van der Waals surface area (Å²) in [5.74, 6) is 0. The first-order chi connectivity index (χ1) is 9.61. The van der Waals surface area contributed by atoms with E-state index in [1.54, 1.807) is 6.07 Å². The molecule has 0 spiro atoms. The largest absolute Gasteiger partial charge is 0.402 e. The van der Waals surface area contributed by atoms with Gasteiger partial charge in [0.2, 0.25) is 10.0 Å². The van der Waals surface area contributed by atoms with E-state index in [9.17, 15) is 21.6 Å². The smallest absolute Gasteiger partial charge is 0.399 e. The maximum Gasteiger partial charge on any atom is 0.402 e. The van der Waals surface area contributed by atoms with Gasteiger partial charge in [0.25, 0.3) is 0 Å². The SMILES string of the molecule is N#Cc1cc(N)ccc1S(=O)(=O)N(CCO)CC(F)(F)F. The van der Waals surface area contributed by atoms with E-state index >= 15 is 0 Å². The van der Waals surface area contributed by atoms with Gasteiger partial charge in [-0.05, 0) is 18.2 Å². The Morgan fingerprint density at radius 1 is 1.38 bits per heavy atom. The highest BCUT2D eigenvalue weighted by molar-refractivity contribution is 7.89. The number of rotatable bonds is 5. The zero-order valence-corrected chi connectivity index (χ0v) is 11.4. The van der Waals surface area contributed by atoms with E-state index in [4.69, 9.17) is 16.1 Å². The third kappa shape index (κ3) is 4.32. The average molecular weight is 323 g/mol. The molecule has 0 radical (unpaired) electrons. The Hall–Kier alpha value is -1.83. The lowest BCUT2D eigenvalue weighted by molar-refractivity contribution is -0.136. The summed E-state index contributed by atoms with van der Waals surface area (Å²) in [5.41, 5.74) is 5.15. The summed E-state index contributed by atoms with van der Waals surface area (Å²) in [6.45, 7) is -3.28. The standard InChI is InChI=1S/C11H12F3N3O3S/c12-11(13,14)7-17(3-4-18)21(19,20)10-2-1-9(16)5-8(10)6-15/h1-2,5,18H,3-4,7,16H2. The maximum atomic E-state index is 12.4. The van der Waals surface area contributed by atoms with Gasteiger partial charge < -0.3 is 10.8 Å². The first kappa shape index (κ1) is 17.2. The molecule has 3 N–H and O–H groups in total. The summed E-state index contributed by atoms with van der Waals surface area (Å²) in [4.78, 5) is -0.586. The highest BCUT2D eigenvalue weighted by Crippen LogP contribution is 2.25. The molecule has 0 saturated heterocycles. The molecule has 1 aromatic carbocycles.